The lowest BCUT2D eigenvalue weighted by Crippen LogP contribution is -2.47. The van der Waals surface area contributed by atoms with Gasteiger partial charge in [-0.3, -0.25) is 0 Å². The van der Waals surface area contributed by atoms with Gasteiger partial charge in [0.15, 0.2) is 0 Å². The molecule has 1 heterocycles. The van der Waals surface area contributed by atoms with Crippen molar-refractivity contribution in [3.63, 3.8) is 0 Å². The smallest absolute Gasteiger partial charge is 0.0209 e. The summed E-state index contributed by atoms with van der Waals surface area (Å²) in [6.45, 7) is 6.11. The molecule has 2 heteroatoms. The van der Waals surface area contributed by atoms with E-state index in [1.165, 1.54) is 56.6 Å². The molecular formula is C14H27NS. The molecule has 16 heavy (non-hydrogen) atoms. The molecular weight excluding hydrogens is 214 g/mol. The van der Waals surface area contributed by atoms with Gasteiger partial charge in [-0.05, 0) is 36.5 Å². The molecule has 1 saturated carbocycles. The zero-order chi connectivity index (χ0) is 11.4. The van der Waals surface area contributed by atoms with Crippen LogP contribution in [0.5, 0.6) is 0 Å². The second-order valence-corrected chi connectivity index (χ2v) is 7.41. The molecule has 0 spiro atoms. The summed E-state index contributed by atoms with van der Waals surface area (Å²) >= 11 is 2.13. The molecule has 0 amide bonds. The summed E-state index contributed by atoms with van der Waals surface area (Å²) < 4.78 is 0. The SMILES string of the molecule is CC1(C)CCSCC1NCCC1CCCC1. The summed E-state index contributed by atoms with van der Waals surface area (Å²) in [7, 11) is 0. The van der Waals surface area contributed by atoms with Crippen molar-refractivity contribution in [2.24, 2.45) is 11.3 Å². The molecule has 0 aromatic heterocycles. The van der Waals surface area contributed by atoms with Gasteiger partial charge in [0.2, 0.25) is 0 Å². The lowest BCUT2D eigenvalue weighted by Gasteiger charge is -2.39. The van der Waals surface area contributed by atoms with Crippen LogP contribution in [0.3, 0.4) is 0 Å². The molecule has 94 valence electrons. The summed E-state index contributed by atoms with van der Waals surface area (Å²) in [4.78, 5) is 0. The maximum Gasteiger partial charge on any atom is 0.0209 e. The Morgan fingerprint density at radius 2 is 2.00 bits per heavy atom. The predicted octanol–water partition coefficient (Wildman–Crippen LogP) is 3.69. The van der Waals surface area contributed by atoms with Crippen molar-refractivity contribution in [2.45, 2.75) is 58.4 Å². The first-order valence-corrected chi connectivity index (χ1v) is 8.15. The van der Waals surface area contributed by atoms with Gasteiger partial charge in [0.25, 0.3) is 0 Å². The molecule has 1 aliphatic carbocycles. The zero-order valence-corrected chi connectivity index (χ0v) is 11.7. The lowest BCUT2D eigenvalue weighted by molar-refractivity contribution is 0.242. The first-order valence-electron chi connectivity index (χ1n) is 6.99. The molecule has 1 saturated heterocycles. The van der Waals surface area contributed by atoms with Gasteiger partial charge in [0, 0.05) is 11.8 Å². The van der Waals surface area contributed by atoms with Crippen LogP contribution in [0, 0.1) is 11.3 Å². The van der Waals surface area contributed by atoms with Gasteiger partial charge in [0.1, 0.15) is 0 Å². The van der Waals surface area contributed by atoms with E-state index in [1.807, 2.05) is 0 Å². The quantitative estimate of drug-likeness (QED) is 0.805. The summed E-state index contributed by atoms with van der Waals surface area (Å²) in [5.74, 6) is 3.71. The third-order valence-corrected chi connectivity index (χ3v) is 5.60. The van der Waals surface area contributed by atoms with Gasteiger partial charge < -0.3 is 5.32 Å². The molecule has 1 nitrogen and oxygen atoms in total. The molecule has 1 N–H and O–H groups in total. The lowest BCUT2D eigenvalue weighted by atomic mass is 9.82. The second kappa shape index (κ2) is 5.77. The van der Waals surface area contributed by atoms with E-state index >= 15 is 0 Å². The first-order chi connectivity index (χ1) is 7.68. The molecule has 2 rings (SSSR count). The minimum absolute atomic E-state index is 0.515. The fourth-order valence-electron chi connectivity index (χ4n) is 3.03. The molecule has 2 fully saturated rings. The van der Waals surface area contributed by atoms with Crippen molar-refractivity contribution in [3.05, 3.63) is 0 Å². The fraction of sp³-hybridized carbons (Fsp3) is 1.00. The first kappa shape index (κ1) is 12.8. The minimum Gasteiger partial charge on any atom is -0.313 e. The molecule has 1 atom stereocenters. The van der Waals surface area contributed by atoms with Gasteiger partial charge in [-0.2, -0.15) is 11.8 Å². The van der Waals surface area contributed by atoms with E-state index in [1.54, 1.807) is 0 Å². The Hall–Kier alpha value is 0.310. The van der Waals surface area contributed by atoms with E-state index in [0.29, 0.717) is 5.41 Å². The van der Waals surface area contributed by atoms with Gasteiger partial charge in [-0.15, -0.1) is 0 Å². The Morgan fingerprint density at radius 3 is 2.69 bits per heavy atom. The van der Waals surface area contributed by atoms with Gasteiger partial charge in [0.05, 0.1) is 0 Å². The normalized spacial score (nSPS) is 30.8. The highest BCUT2D eigenvalue weighted by Crippen LogP contribution is 2.34. The highest BCUT2D eigenvalue weighted by molar-refractivity contribution is 7.99. The molecule has 1 unspecified atom stereocenters. The average molecular weight is 241 g/mol. The molecule has 0 aromatic rings. The van der Waals surface area contributed by atoms with Crippen LogP contribution in [0.15, 0.2) is 0 Å². The topological polar surface area (TPSA) is 12.0 Å². The molecule has 0 aromatic carbocycles. The van der Waals surface area contributed by atoms with Crippen molar-refractivity contribution in [2.75, 3.05) is 18.1 Å². The van der Waals surface area contributed by atoms with E-state index in [0.717, 1.165) is 12.0 Å². The molecule has 0 bridgehead atoms. The van der Waals surface area contributed by atoms with Crippen LogP contribution in [0.1, 0.15) is 52.4 Å². The van der Waals surface area contributed by atoms with Gasteiger partial charge >= 0.3 is 0 Å². The standard InChI is InChI=1S/C14H27NS/c1-14(2)8-10-16-11-13(14)15-9-7-12-5-3-4-6-12/h12-13,15H,3-11H2,1-2H3. The largest absolute Gasteiger partial charge is 0.313 e. The van der Waals surface area contributed by atoms with Crippen molar-refractivity contribution in [1.82, 2.24) is 5.32 Å². The average Bonchev–Trinajstić information content (AvgIpc) is 2.73. The monoisotopic (exact) mass is 241 g/mol. The van der Waals surface area contributed by atoms with E-state index in [-0.39, 0.29) is 0 Å². The van der Waals surface area contributed by atoms with Crippen LogP contribution in [0.2, 0.25) is 0 Å². The van der Waals surface area contributed by atoms with Crippen LogP contribution < -0.4 is 5.32 Å². The highest BCUT2D eigenvalue weighted by atomic mass is 32.2. The van der Waals surface area contributed by atoms with Crippen molar-refractivity contribution in [3.8, 4) is 0 Å². The summed E-state index contributed by atoms with van der Waals surface area (Å²) in [6.07, 6.45) is 8.73. The summed E-state index contributed by atoms with van der Waals surface area (Å²) in [6, 6.07) is 0.743. The molecule has 2 aliphatic rings. The number of thioether (sulfide) groups is 1. The predicted molar refractivity (Wildman–Crippen MR) is 74.1 cm³/mol. The van der Waals surface area contributed by atoms with Crippen molar-refractivity contribution < 1.29 is 0 Å². The zero-order valence-electron chi connectivity index (χ0n) is 10.9. The molecule has 0 radical (unpaired) electrons. The summed E-state index contributed by atoms with van der Waals surface area (Å²) in [5, 5.41) is 3.82. The Kier molecular flexibility index (Phi) is 4.60. The highest BCUT2D eigenvalue weighted by Gasteiger charge is 2.32. The maximum absolute atomic E-state index is 3.82. The number of rotatable bonds is 4. The minimum atomic E-state index is 0.515. The van der Waals surface area contributed by atoms with Crippen LogP contribution in [0.4, 0.5) is 0 Å². The Bertz CT molecular complexity index is 209. The van der Waals surface area contributed by atoms with Crippen LogP contribution in [-0.4, -0.2) is 24.1 Å². The van der Waals surface area contributed by atoms with Gasteiger partial charge in [-0.25, -0.2) is 0 Å². The number of hydrogen-bond acceptors (Lipinski definition) is 2. The van der Waals surface area contributed by atoms with E-state index < -0.39 is 0 Å². The molecule has 1 aliphatic heterocycles. The third kappa shape index (κ3) is 3.40. The number of nitrogens with one attached hydrogen (secondary N) is 1. The van der Waals surface area contributed by atoms with Crippen LogP contribution in [-0.2, 0) is 0 Å². The van der Waals surface area contributed by atoms with Crippen molar-refractivity contribution >= 4 is 11.8 Å². The Morgan fingerprint density at radius 1 is 1.25 bits per heavy atom. The van der Waals surface area contributed by atoms with Crippen molar-refractivity contribution in [1.29, 1.82) is 0 Å². The summed E-state index contributed by atoms with van der Waals surface area (Å²) in [5.41, 5.74) is 0.515. The van der Waals surface area contributed by atoms with Crippen LogP contribution >= 0.6 is 11.8 Å². The second-order valence-electron chi connectivity index (χ2n) is 6.26. The van der Waals surface area contributed by atoms with E-state index in [2.05, 4.69) is 30.9 Å². The third-order valence-electron chi connectivity index (χ3n) is 4.54. The number of hydrogen-bond donors (Lipinski definition) is 1. The Labute approximate surface area is 105 Å². The van der Waals surface area contributed by atoms with Gasteiger partial charge in [-0.1, -0.05) is 39.5 Å². The van der Waals surface area contributed by atoms with Crippen LogP contribution in [0.25, 0.3) is 0 Å². The van der Waals surface area contributed by atoms with E-state index in [9.17, 15) is 0 Å². The fourth-order valence-corrected chi connectivity index (χ4v) is 4.67. The maximum atomic E-state index is 3.82. The Balaban J connectivity index is 1.67. The van der Waals surface area contributed by atoms with E-state index in [4.69, 9.17) is 0 Å².